The van der Waals surface area contributed by atoms with Gasteiger partial charge in [-0.2, -0.15) is 0 Å². The molecule has 0 amide bonds. The Morgan fingerprint density at radius 1 is 1.00 bits per heavy atom. The van der Waals surface area contributed by atoms with Crippen LogP contribution in [0.25, 0.3) is 0 Å². The van der Waals surface area contributed by atoms with Gasteiger partial charge in [0.2, 0.25) is 0 Å². The number of aliphatic hydroxyl groups excluding tert-OH is 2. The molecular weight excluding hydrogens is 300 g/mol. The van der Waals surface area contributed by atoms with Crippen LogP contribution < -0.4 is 0 Å². The molecule has 0 heterocycles. The molecule has 0 radical (unpaired) electrons. The SMILES string of the molecule is CC(=O)[C@H]1CC[C@H]2[C@@H]3CC[C@H]4C[C@H](O)CC[C@]4(C)[C@H]3[C@@H](O)C[C@]12C. The van der Waals surface area contributed by atoms with E-state index in [0.29, 0.717) is 29.5 Å². The Balaban J connectivity index is 1.67. The highest BCUT2D eigenvalue weighted by Gasteiger charge is 2.63. The van der Waals surface area contributed by atoms with Gasteiger partial charge >= 0.3 is 0 Å². The maximum absolute atomic E-state index is 12.2. The Morgan fingerprint density at radius 2 is 1.75 bits per heavy atom. The van der Waals surface area contributed by atoms with Gasteiger partial charge < -0.3 is 10.2 Å². The summed E-state index contributed by atoms with van der Waals surface area (Å²) in [6.45, 7) is 6.43. The first-order valence-electron chi connectivity index (χ1n) is 10.1. The Labute approximate surface area is 146 Å². The highest BCUT2D eigenvalue weighted by Crippen LogP contribution is 2.67. The molecule has 0 aliphatic heterocycles. The Kier molecular flexibility index (Phi) is 3.93. The third kappa shape index (κ3) is 2.19. The zero-order valence-corrected chi connectivity index (χ0v) is 15.5. The van der Waals surface area contributed by atoms with E-state index < -0.39 is 0 Å². The van der Waals surface area contributed by atoms with E-state index >= 15 is 0 Å². The summed E-state index contributed by atoms with van der Waals surface area (Å²) in [5.41, 5.74) is 0.182. The first-order valence-corrected chi connectivity index (χ1v) is 10.1. The number of hydrogen-bond acceptors (Lipinski definition) is 3. The van der Waals surface area contributed by atoms with Crippen LogP contribution in [0.15, 0.2) is 0 Å². The van der Waals surface area contributed by atoms with E-state index in [4.69, 9.17) is 0 Å². The molecule has 9 atom stereocenters. The Bertz CT molecular complexity index is 531. The van der Waals surface area contributed by atoms with Crippen molar-refractivity contribution in [3.8, 4) is 0 Å². The molecular formula is C21H34O3. The van der Waals surface area contributed by atoms with Crippen LogP contribution in [-0.2, 0) is 4.79 Å². The molecule has 4 fully saturated rings. The number of fused-ring (bicyclic) bond motifs is 5. The third-order valence-electron chi connectivity index (χ3n) is 9.06. The van der Waals surface area contributed by atoms with Gasteiger partial charge in [-0.15, -0.1) is 0 Å². The molecule has 0 aromatic rings. The molecule has 3 nitrogen and oxygen atoms in total. The molecule has 4 rings (SSSR count). The summed E-state index contributed by atoms with van der Waals surface area (Å²) < 4.78 is 0. The van der Waals surface area contributed by atoms with Crippen LogP contribution >= 0.6 is 0 Å². The zero-order chi connectivity index (χ0) is 17.3. The highest BCUT2D eigenvalue weighted by atomic mass is 16.3. The van der Waals surface area contributed by atoms with Gasteiger partial charge in [0.05, 0.1) is 12.2 Å². The Hall–Kier alpha value is -0.410. The molecule has 136 valence electrons. The van der Waals surface area contributed by atoms with E-state index in [2.05, 4.69) is 13.8 Å². The molecule has 2 N–H and O–H groups in total. The van der Waals surface area contributed by atoms with Crippen molar-refractivity contribution < 1.29 is 15.0 Å². The number of Topliss-reactive ketones (excluding diaryl/α,β-unsaturated/α-hetero) is 1. The fourth-order valence-corrected chi connectivity index (χ4v) is 8.03. The Morgan fingerprint density at radius 3 is 2.46 bits per heavy atom. The zero-order valence-electron chi connectivity index (χ0n) is 15.5. The fourth-order valence-electron chi connectivity index (χ4n) is 8.03. The molecule has 0 aromatic carbocycles. The largest absolute Gasteiger partial charge is 0.393 e. The van der Waals surface area contributed by atoms with Crippen LogP contribution in [0.2, 0.25) is 0 Å². The number of aliphatic hydroxyl groups is 2. The molecule has 4 saturated carbocycles. The molecule has 24 heavy (non-hydrogen) atoms. The maximum Gasteiger partial charge on any atom is 0.133 e. The van der Waals surface area contributed by atoms with E-state index in [0.717, 1.165) is 38.5 Å². The molecule has 3 heteroatoms. The fraction of sp³-hybridized carbons (Fsp3) is 0.952. The number of carbonyl (C=O) groups excluding carboxylic acids is 1. The monoisotopic (exact) mass is 334 g/mol. The third-order valence-corrected chi connectivity index (χ3v) is 9.06. The van der Waals surface area contributed by atoms with Crippen molar-refractivity contribution in [2.75, 3.05) is 0 Å². The van der Waals surface area contributed by atoms with Gasteiger partial charge in [0.25, 0.3) is 0 Å². The first kappa shape index (κ1) is 17.0. The summed E-state index contributed by atoms with van der Waals surface area (Å²) in [6, 6.07) is 0. The predicted octanol–water partition coefficient (Wildman–Crippen LogP) is 3.57. The van der Waals surface area contributed by atoms with E-state index in [9.17, 15) is 15.0 Å². The van der Waals surface area contributed by atoms with Crippen LogP contribution in [-0.4, -0.2) is 28.2 Å². The molecule has 0 unspecified atom stereocenters. The minimum Gasteiger partial charge on any atom is -0.393 e. The molecule has 0 aromatic heterocycles. The van der Waals surface area contributed by atoms with Crippen molar-refractivity contribution >= 4 is 5.78 Å². The molecule has 4 aliphatic carbocycles. The van der Waals surface area contributed by atoms with Gasteiger partial charge in [0.1, 0.15) is 5.78 Å². The van der Waals surface area contributed by atoms with Crippen molar-refractivity contribution in [2.24, 2.45) is 40.4 Å². The van der Waals surface area contributed by atoms with E-state index in [1.807, 2.05) is 0 Å². The number of ketones is 1. The lowest BCUT2D eigenvalue weighted by atomic mass is 9.44. The van der Waals surface area contributed by atoms with Crippen LogP contribution in [0.3, 0.4) is 0 Å². The highest BCUT2D eigenvalue weighted by molar-refractivity contribution is 5.79. The second kappa shape index (κ2) is 5.54. The number of hydrogen-bond donors (Lipinski definition) is 2. The van der Waals surface area contributed by atoms with Gasteiger partial charge in [-0.05, 0) is 92.8 Å². The normalized spacial score (nSPS) is 57.0. The summed E-state index contributed by atoms with van der Waals surface area (Å²) in [5.74, 6) is 2.58. The number of rotatable bonds is 1. The van der Waals surface area contributed by atoms with Crippen LogP contribution in [0.4, 0.5) is 0 Å². The molecule has 4 aliphatic rings. The summed E-state index contributed by atoms with van der Waals surface area (Å²) >= 11 is 0. The van der Waals surface area contributed by atoms with Gasteiger partial charge in [-0.3, -0.25) is 4.79 Å². The smallest absolute Gasteiger partial charge is 0.133 e. The van der Waals surface area contributed by atoms with E-state index in [-0.39, 0.29) is 29.0 Å². The lowest BCUT2D eigenvalue weighted by Crippen LogP contribution is -2.59. The van der Waals surface area contributed by atoms with Crippen molar-refractivity contribution in [1.82, 2.24) is 0 Å². The van der Waals surface area contributed by atoms with E-state index in [1.54, 1.807) is 6.92 Å². The average molecular weight is 335 g/mol. The van der Waals surface area contributed by atoms with Gasteiger partial charge in [-0.25, -0.2) is 0 Å². The second-order valence-electron chi connectivity index (χ2n) is 10.0. The summed E-state index contributed by atoms with van der Waals surface area (Å²) in [7, 11) is 0. The lowest BCUT2D eigenvalue weighted by molar-refractivity contribution is -0.178. The summed E-state index contributed by atoms with van der Waals surface area (Å²) in [5, 5.41) is 21.3. The van der Waals surface area contributed by atoms with E-state index in [1.165, 1.54) is 12.8 Å². The second-order valence-corrected chi connectivity index (χ2v) is 10.0. The quantitative estimate of drug-likeness (QED) is 0.771. The summed E-state index contributed by atoms with van der Waals surface area (Å²) in [4.78, 5) is 12.2. The van der Waals surface area contributed by atoms with Crippen LogP contribution in [0, 0.1) is 40.4 Å². The molecule has 0 spiro atoms. The van der Waals surface area contributed by atoms with Gasteiger partial charge in [-0.1, -0.05) is 13.8 Å². The maximum atomic E-state index is 12.2. The lowest BCUT2D eigenvalue weighted by Gasteiger charge is -2.62. The minimum atomic E-state index is -0.278. The van der Waals surface area contributed by atoms with Crippen LogP contribution in [0.1, 0.15) is 72.1 Å². The van der Waals surface area contributed by atoms with Gasteiger partial charge in [0.15, 0.2) is 0 Å². The number of carbonyl (C=O) groups is 1. The van der Waals surface area contributed by atoms with Crippen molar-refractivity contribution in [1.29, 1.82) is 0 Å². The average Bonchev–Trinajstić information content (AvgIpc) is 2.84. The molecule has 0 saturated heterocycles. The van der Waals surface area contributed by atoms with Crippen molar-refractivity contribution in [3.05, 3.63) is 0 Å². The van der Waals surface area contributed by atoms with Crippen LogP contribution in [0.5, 0.6) is 0 Å². The molecule has 0 bridgehead atoms. The minimum absolute atomic E-state index is 0.00376. The van der Waals surface area contributed by atoms with Crippen molar-refractivity contribution in [3.63, 3.8) is 0 Å². The van der Waals surface area contributed by atoms with Gasteiger partial charge in [0, 0.05) is 5.92 Å². The van der Waals surface area contributed by atoms with Crippen molar-refractivity contribution in [2.45, 2.75) is 84.3 Å². The summed E-state index contributed by atoms with van der Waals surface area (Å²) in [6.07, 6.45) is 7.80. The topological polar surface area (TPSA) is 57.5 Å². The first-order chi connectivity index (χ1) is 11.3. The predicted molar refractivity (Wildman–Crippen MR) is 93.3 cm³/mol. The standard InChI is InChI=1S/C21H34O3/c1-12(22)16-6-7-17-15-5-4-13-10-14(23)8-9-20(13,2)19(15)18(24)11-21(16,17)3/h13-19,23-24H,4-11H2,1-3H3/t13-,14+,15-,16+,17-,18-,19+,20-,21+/m0/s1.